The van der Waals surface area contributed by atoms with Crippen molar-refractivity contribution in [3.05, 3.63) is 0 Å². The fourth-order valence-electron chi connectivity index (χ4n) is 2.74. The first-order valence-corrected chi connectivity index (χ1v) is 9.61. The molecule has 2 fully saturated rings. The molecule has 23 heavy (non-hydrogen) atoms. The van der Waals surface area contributed by atoms with Crippen molar-refractivity contribution in [1.82, 2.24) is 15.5 Å². The molecule has 3 amide bonds. The van der Waals surface area contributed by atoms with E-state index in [9.17, 15) is 14.4 Å². The van der Waals surface area contributed by atoms with Gasteiger partial charge in [0.2, 0.25) is 17.7 Å². The summed E-state index contributed by atoms with van der Waals surface area (Å²) in [6, 6.07) is 0. The fraction of sp³-hybridized carbons (Fsp3) is 0.812. The Labute approximate surface area is 142 Å². The summed E-state index contributed by atoms with van der Waals surface area (Å²) >= 11 is 1.33. The molecule has 0 aromatic carbocycles. The molecule has 1 aliphatic heterocycles. The van der Waals surface area contributed by atoms with Gasteiger partial charge in [0.25, 0.3) is 0 Å². The molecule has 0 aromatic rings. The Hall–Kier alpha value is -1.24. The molecule has 1 saturated carbocycles. The van der Waals surface area contributed by atoms with Crippen molar-refractivity contribution in [2.75, 3.05) is 37.7 Å². The van der Waals surface area contributed by atoms with Gasteiger partial charge in [0.1, 0.15) is 0 Å². The van der Waals surface area contributed by atoms with Gasteiger partial charge in [-0.25, -0.2) is 0 Å². The molecule has 2 aliphatic rings. The van der Waals surface area contributed by atoms with Crippen LogP contribution in [0.5, 0.6) is 0 Å². The van der Waals surface area contributed by atoms with Crippen LogP contribution in [0.15, 0.2) is 0 Å². The van der Waals surface area contributed by atoms with E-state index in [1.807, 2.05) is 6.92 Å². The van der Waals surface area contributed by atoms with Gasteiger partial charge in [0, 0.05) is 32.1 Å². The summed E-state index contributed by atoms with van der Waals surface area (Å²) in [5.74, 6) is 1.47. The Morgan fingerprint density at radius 2 is 1.87 bits per heavy atom. The maximum Gasteiger partial charge on any atom is 0.230 e. The molecule has 6 nitrogen and oxygen atoms in total. The van der Waals surface area contributed by atoms with Crippen molar-refractivity contribution in [2.45, 2.75) is 32.6 Å². The third-order valence-corrected chi connectivity index (χ3v) is 5.48. The topological polar surface area (TPSA) is 78.5 Å². The summed E-state index contributed by atoms with van der Waals surface area (Å²) in [6.45, 7) is 4.54. The normalized spacial score (nSPS) is 21.2. The van der Waals surface area contributed by atoms with Crippen molar-refractivity contribution in [2.24, 2.45) is 11.8 Å². The molecule has 130 valence electrons. The van der Waals surface area contributed by atoms with Crippen molar-refractivity contribution in [3.8, 4) is 0 Å². The van der Waals surface area contributed by atoms with Crippen LogP contribution in [0.3, 0.4) is 0 Å². The summed E-state index contributed by atoms with van der Waals surface area (Å²) in [7, 11) is 0. The predicted molar refractivity (Wildman–Crippen MR) is 91.0 cm³/mol. The van der Waals surface area contributed by atoms with Gasteiger partial charge in [0.15, 0.2) is 0 Å². The average Bonchev–Trinajstić information content (AvgIpc) is 2.78. The van der Waals surface area contributed by atoms with Crippen LogP contribution in [0, 0.1) is 11.8 Å². The van der Waals surface area contributed by atoms with Crippen LogP contribution in [0.2, 0.25) is 0 Å². The van der Waals surface area contributed by atoms with Gasteiger partial charge >= 0.3 is 0 Å². The van der Waals surface area contributed by atoms with E-state index in [4.69, 9.17) is 0 Å². The smallest absolute Gasteiger partial charge is 0.230 e. The second kappa shape index (κ2) is 9.15. The average molecular weight is 341 g/mol. The number of nitrogens with zero attached hydrogens (tertiary/aromatic N) is 1. The number of hydrogen-bond donors (Lipinski definition) is 2. The number of carbonyl (C=O) groups is 3. The number of likely N-dealkylation sites (tertiary alicyclic amines) is 1. The lowest BCUT2D eigenvalue weighted by atomic mass is 9.85. The number of nitrogens with one attached hydrogen (secondary N) is 2. The molecule has 0 aromatic heterocycles. The van der Waals surface area contributed by atoms with Gasteiger partial charge < -0.3 is 15.5 Å². The molecule has 2 N–H and O–H groups in total. The highest BCUT2D eigenvalue weighted by molar-refractivity contribution is 8.00. The van der Waals surface area contributed by atoms with Gasteiger partial charge in [0.05, 0.1) is 11.5 Å². The minimum absolute atomic E-state index is 0.00588. The zero-order valence-corrected chi connectivity index (χ0v) is 14.6. The molecule has 1 atom stereocenters. The first kappa shape index (κ1) is 18.1. The van der Waals surface area contributed by atoms with Crippen molar-refractivity contribution in [1.29, 1.82) is 0 Å². The summed E-state index contributed by atoms with van der Waals surface area (Å²) in [5.41, 5.74) is 0. The number of carbonyl (C=O) groups excluding carboxylic acids is 3. The van der Waals surface area contributed by atoms with E-state index in [-0.39, 0.29) is 29.4 Å². The van der Waals surface area contributed by atoms with E-state index < -0.39 is 0 Å². The summed E-state index contributed by atoms with van der Waals surface area (Å²) < 4.78 is 0. The van der Waals surface area contributed by atoms with Crippen molar-refractivity contribution >= 4 is 29.5 Å². The second-order valence-electron chi connectivity index (χ2n) is 6.46. The van der Waals surface area contributed by atoms with E-state index >= 15 is 0 Å². The number of hydrogen-bond acceptors (Lipinski definition) is 4. The highest BCUT2D eigenvalue weighted by atomic mass is 32.2. The lowest BCUT2D eigenvalue weighted by molar-refractivity contribution is -0.130. The van der Waals surface area contributed by atoms with Gasteiger partial charge in [-0.3, -0.25) is 14.4 Å². The lowest BCUT2D eigenvalue weighted by Gasteiger charge is -2.25. The third-order valence-electron chi connectivity index (χ3n) is 4.55. The molecular weight excluding hydrogens is 314 g/mol. The highest BCUT2D eigenvalue weighted by Crippen LogP contribution is 2.25. The second-order valence-corrected chi connectivity index (χ2v) is 7.44. The van der Waals surface area contributed by atoms with Crippen LogP contribution < -0.4 is 10.6 Å². The minimum atomic E-state index is -0.0820. The Morgan fingerprint density at radius 1 is 1.17 bits per heavy atom. The largest absolute Gasteiger partial charge is 0.355 e. The van der Waals surface area contributed by atoms with Crippen LogP contribution in [-0.2, 0) is 14.4 Å². The Kier molecular flexibility index (Phi) is 7.20. The van der Waals surface area contributed by atoms with E-state index in [0.29, 0.717) is 24.8 Å². The summed E-state index contributed by atoms with van der Waals surface area (Å²) in [5, 5.41) is 5.71. The molecule has 0 unspecified atom stereocenters. The third kappa shape index (κ3) is 6.05. The molecule has 1 aliphatic carbocycles. The van der Waals surface area contributed by atoms with Crippen LogP contribution in [0.1, 0.15) is 32.6 Å². The minimum Gasteiger partial charge on any atom is -0.355 e. The van der Waals surface area contributed by atoms with Crippen LogP contribution >= 0.6 is 11.8 Å². The van der Waals surface area contributed by atoms with Crippen LogP contribution in [-0.4, -0.2) is 60.3 Å². The lowest BCUT2D eigenvalue weighted by Crippen LogP contribution is -2.37. The van der Waals surface area contributed by atoms with Crippen LogP contribution in [0.25, 0.3) is 0 Å². The molecule has 2 rings (SSSR count). The molecular formula is C16H27N3O3S. The van der Waals surface area contributed by atoms with Crippen LogP contribution in [0.4, 0.5) is 0 Å². The molecule has 7 heteroatoms. The summed E-state index contributed by atoms with van der Waals surface area (Å²) in [4.78, 5) is 36.8. The molecule has 1 saturated heterocycles. The highest BCUT2D eigenvalue weighted by Gasteiger charge is 2.27. The van der Waals surface area contributed by atoms with Gasteiger partial charge in [-0.1, -0.05) is 13.3 Å². The van der Waals surface area contributed by atoms with E-state index in [0.717, 1.165) is 19.5 Å². The zero-order chi connectivity index (χ0) is 16.7. The predicted octanol–water partition coefficient (Wildman–Crippen LogP) is 0.621. The van der Waals surface area contributed by atoms with Gasteiger partial charge in [-0.2, -0.15) is 0 Å². The molecule has 0 bridgehead atoms. The van der Waals surface area contributed by atoms with Gasteiger partial charge in [-0.15, -0.1) is 11.8 Å². The number of thioether (sulfide) groups is 1. The quantitative estimate of drug-likeness (QED) is 0.644. The summed E-state index contributed by atoms with van der Waals surface area (Å²) in [6.07, 6.45) is 4.61. The van der Waals surface area contributed by atoms with E-state index in [1.54, 1.807) is 4.90 Å². The van der Waals surface area contributed by atoms with E-state index in [2.05, 4.69) is 10.6 Å². The first-order chi connectivity index (χ1) is 11.1. The fourth-order valence-corrected chi connectivity index (χ4v) is 3.42. The molecule has 1 heterocycles. The van der Waals surface area contributed by atoms with E-state index in [1.165, 1.54) is 31.0 Å². The zero-order valence-electron chi connectivity index (χ0n) is 13.8. The maximum atomic E-state index is 11.7. The molecule has 0 radical (unpaired) electrons. The SMILES string of the molecule is C[C@@H]1CCN(CCNC(=O)CSCC(=O)NCC2CCC2)C1=O. The Balaban J connectivity index is 1.46. The number of amides is 3. The Morgan fingerprint density at radius 3 is 2.43 bits per heavy atom. The maximum absolute atomic E-state index is 11.7. The Bertz CT molecular complexity index is 440. The van der Waals surface area contributed by atoms with Crippen molar-refractivity contribution in [3.63, 3.8) is 0 Å². The standard InChI is InChI=1S/C16H27N3O3S/c1-12-5-7-19(16(12)22)8-6-17-14(20)10-23-11-15(21)18-9-13-3-2-4-13/h12-13H,2-11H2,1H3,(H,17,20)(H,18,21)/t12-/m1/s1. The van der Waals surface area contributed by atoms with Gasteiger partial charge in [-0.05, 0) is 25.2 Å². The molecule has 0 spiro atoms. The monoisotopic (exact) mass is 341 g/mol. The first-order valence-electron chi connectivity index (χ1n) is 8.46. The number of rotatable bonds is 9. The van der Waals surface area contributed by atoms with Crippen molar-refractivity contribution < 1.29 is 14.4 Å².